The predicted octanol–water partition coefficient (Wildman–Crippen LogP) is 36.1. The van der Waals surface area contributed by atoms with Crippen molar-refractivity contribution in [1.82, 2.24) is 0 Å². The topological polar surface area (TPSA) is 0 Å². The largest absolute Gasteiger partial charge is 4.00 e. The fourth-order valence-electron chi connectivity index (χ4n) is 19.8. The fourth-order valence-corrected chi connectivity index (χ4v) is 26.3. The van der Waals surface area contributed by atoms with Crippen LogP contribution in [-0.4, -0.2) is 8.07 Å². The van der Waals surface area contributed by atoms with Crippen LogP contribution in [0.25, 0.3) is 0 Å². The molecule has 10 aliphatic rings. The van der Waals surface area contributed by atoms with Crippen molar-refractivity contribution in [3.05, 3.63) is 149 Å². The zero-order chi connectivity index (χ0) is 58.5. The van der Waals surface area contributed by atoms with Crippen LogP contribution in [0.15, 0.2) is 30.3 Å². The van der Waals surface area contributed by atoms with Crippen LogP contribution in [-0.2, 0) is 104 Å². The van der Waals surface area contributed by atoms with Gasteiger partial charge in [-0.1, -0.05) is 440 Å². The molecule has 5 heteroatoms. The maximum absolute atomic E-state index is 2.87. The van der Waals surface area contributed by atoms with Gasteiger partial charge in [-0.05, 0) is 88.5 Å². The third kappa shape index (κ3) is 57.9. The average molecular weight is 1880 g/mol. The van der Waals surface area contributed by atoms with E-state index in [1.165, 1.54) is 283 Å². The minimum atomic E-state index is -1.48. The molecule has 0 N–H and O–H groups in total. The molecule has 0 aromatic heterocycles. The van der Waals surface area contributed by atoms with Crippen molar-refractivity contribution >= 4 is 13.3 Å². The zero-order valence-electron chi connectivity index (χ0n) is 75.7. The number of hydrogen-bond acceptors (Lipinski definition) is 0. The van der Waals surface area contributed by atoms with Gasteiger partial charge in [0.1, 0.15) is 0 Å². The van der Waals surface area contributed by atoms with E-state index in [1.807, 2.05) is 5.19 Å². The molecule has 1 aromatic carbocycles. The van der Waals surface area contributed by atoms with Crippen LogP contribution in [0.3, 0.4) is 0 Å². The summed E-state index contributed by atoms with van der Waals surface area (Å²) in [5.41, 5.74) is 2.17. The summed E-state index contributed by atoms with van der Waals surface area (Å²) in [4.78, 5) is 0. The molecule has 0 spiro atoms. The zero-order valence-corrected chi connectivity index (χ0v) is 87.7. The Morgan fingerprint density at radius 2 is 0.577 bits per heavy atom. The molecule has 0 aliphatic heterocycles. The first-order valence-electron chi connectivity index (χ1n) is 39.2. The Kier molecular flexibility index (Phi) is 138. The summed E-state index contributed by atoms with van der Waals surface area (Å²) < 4.78 is 0. The van der Waals surface area contributed by atoms with Crippen molar-refractivity contribution in [2.75, 3.05) is 0 Å². The number of rotatable bonds is 21. The van der Waals surface area contributed by atoms with Crippen molar-refractivity contribution in [3.8, 4) is 0 Å². The molecule has 0 radical (unpaired) electrons. The minimum Gasteiger partial charge on any atom is -0.358 e. The van der Waals surface area contributed by atoms with E-state index in [2.05, 4.69) is 92.3 Å². The van der Waals surface area contributed by atoms with Gasteiger partial charge in [0.05, 0.1) is 8.07 Å². The molecule has 104 heavy (non-hydrogen) atoms. The van der Waals surface area contributed by atoms with Crippen molar-refractivity contribution < 1.29 is 104 Å². The second-order valence-electron chi connectivity index (χ2n) is 31.3. The normalized spacial score (nSPS) is 24.1. The van der Waals surface area contributed by atoms with Crippen LogP contribution < -0.4 is 5.19 Å². The van der Waals surface area contributed by atoms with Crippen LogP contribution in [0, 0.1) is 190 Å². The smallest absolute Gasteiger partial charge is 0.358 e. The molecule has 0 saturated heterocycles. The van der Waals surface area contributed by atoms with E-state index >= 15 is 0 Å². The molecule has 10 aliphatic carbocycles. The Morgan fingerprint density at radius 3 is 0.846 bits per heavy atom. The van der Waals surface area contributed by atoms with Crippen molar-refractivity contribution in [1.29, 1.82) is 0 Å². The predicted molar refractivity (Wildman–Crippen MR) is 489 cm³/mol. The minimum absolute atomic E-state index is 0. The fraction of sp³-hybridized carbons (Fsp3) is 0.778. The summed E-state index contributed by atoms with van der Waals surface area (Å²) in [5, 5.41) is 1.83. The maximum atomic E-state index is 2.87. The Balaban J connectivity index is -0.0000000525. The molecule has 10 unspecified atom stereocenters. The summed E-state index contributed by atoms with van der Waals surface area (Å²) >= 11 is 0. The molecule has 10 atom stereocenters. The van der Waals surface area contributed by atoms with E-state index in [1.54, 1.807) is 51.4 Å². The Labute approximate surface area is 751 Å². The van der Waals surface area contributed by atoms with Crippen LogP contribution in [0.1, 0.15) is 404 Å². The molecule has 1 aromatic rings. The average Bonchev–Trinajstić information content (AvgIpc) is 1.54. The molecule has 0 nitrogen and oxygen atoms in total. The quantitative estimate of drug-likeness (QED) is 0.0850. The summed E-state index contributed by atoms with van der Waals surface area (Å²) in [5.74, 6) is 13.1. The second kappa shape index (κ2) is 94.8. The van der Waals surface area contributed by atoms with Gasteiger partial charge in [-0.3, -0.25) is 0 Å². The first-order chi connectivity index (χ1) is 40.2. The van der Waals surface area contributed by atoms with E-state index in [-0.39, 0.29) is 238 Å². The van der Waals surface area contributed by atoms with E-state index in [9.17, 15) is 0 Å². The van der Waals surface area contributed by atoms with Gasteiger partial charge in [-0.25, -0.2) is 0 Å². The first kappa shape index (κ1) is 152. The van der Waals surface area contributed by atoms with Gasteiger partial charge in [-0.2, -0.15) is 0 Å². The molecule has 10 saturated carbocycles. The number of unbranched alkanes of at least 4 members (excludes halogenated alkanes) is 6. The van der Waals surface area contributed by atoms with Gasteiger partial charge >= 0.3 is 104 Å². The summed E-state index contributed by atoms with van der Waals surface area (Å²) in [7, 11) is -1.48. The van der Waals surface area contributed by atoms with Crippen LogP contribution in [0.5, 0.6) is 0 Å². The van der Waals surface area contributed by atoms with Gasteiger partial charge in [0.15, 0.2) is 0 Å². The van der Waals surface area contributed by atoms with E-state index < -0.39 is 8.07 Å². The van der Waals surface area contributed by atoms with Gasteiger partial charge in [0.2, 0.25) is 0 Å². The number of fused-ring (bicyclic) bond motifs is 2. The number of benzene rings is 1. The van der Waals surface area contributed by atoms with Gasteiger partial charge in [0, 0.05) is 0 Å². The monoisotopic (exact) mass is 1870 g/mol. The SMILES string of the molecule is C.C.CCCCC1CCC(C)C1.CCCCC1CCCC1.CCCCC1CCCC1.CCCCC1CCCC1.CCCCC1CCCC1.CCCCC1CCCC1C.C[Si](c1ccccc1)(C1CCC2CCCCC21)C1CCC2CCCCC21.[CH3-].[CH3-].[CH3-].[CH3-].[CH3-].[CH3-].[CH3-].[CH3-].[CH3-].[CH3-].[CH3-].[CH3-].[CH3-].[CH3-].[CH3-].[CH3-].[Hf+4].[Zr+4].[Zr+4].[Zr+4]. The molecule has 0 amide bonds. The molecule has 622 valence electrons. The summed E-state index contributed by atoms with van der Waals surface area (Å²) in [6.45, 7) is 21.4. The standard InChI is InChI=1S/C25H38Si.2C10H20.4C9H18.2CH4.16CH3.Hf.3Zr/c1-26(21-11-3-2-4-12-21,24-17-15-19-9-5-7-13-22(19)24)25-18-16-20-10-6-8-14-23(20)25;1-3-4-7-10-8-5-6-9(10)2;1-3-4-5-10-7-6-9(2)8-10;4*1-2-3-6-9-7-4-5-8-9;;;;;;;;;;;;;;;;;;;;;;/h2-4,11-12,19-20,22-25H,5-10,13-18H2,1H3;2*9-10H,3-8H2,1-2H3;4*9H,2-8H2,1H3;2*1H4;16*1H3;;;;/q;;;;;;;;;16*-1;4*+4. The van der Waals surface area contributed by atoms with Crippen molar-refractivity contribution in [2.45, 2.75) is 422 Å². The summed E-state index contributed by atoms with van der Waals surface area (Å²) in [6.07, 6.45) is 78.0. The van der Waals surface area contributed by atoms with Crippen LogP contribution in [0.4, 0.5) is 0 Å². The maximum Gasteiger partial charge on any atom is 4.00 e. The van der Waals surface area contributed by atoms with Crippen molar-refractivity contribution in [3.63, 3.8) is 0 Å². The molecule has 0 heterocycles. The summed E-state index contributed by atoms with van der Waals surface area (Å²) in [6, 6.07) is 12.0. The van der Waals surface area contributed by atoms with Crippen LogP contribution >= 0.6 is 0 Å². The third-order valence-electron chi connectivity index (χ3n) is 25.1. The van der Waals surface area contributed by atoms with E-state index in [0.717, 1.165) is 82.1 Å². The van der Waals surface area contributed by atoms with Crippen LogP contribution in [0.2, 0.25) is 17.6 Å². The van der Waals surface area contributed by atoms with Gasteiger partial charge < -0.3 is 119 Å². The Morgan fingerprint density at radius 1 is 0.298 bits per heavy atom. The third-order valence-corrected chi connectivity index (χ3v) is 31.2. The van der Waals surface area contributed by atoms with Crippen molar-refractivity contribution in [2.24, 2.45) is 71.0 Å². The molecular weight excluding hydrogens is 1670 g/mol. The molecule has 11 rings (SSSR count). The second-order valence-corrected chi connectivity index (χ2v) is 36.0. The number of hydrogen-bond donors (Lipinski definition) is 0. The Bertz CT molecular complexity index is 1510. The van der Waals surface area contributed by atoms with E-state index in [4.69, 9.17) is 0 Å². The van der Waals surface area contributed by atoms with Gasteiger partial charge in [0.25, 0.3) is 0 Å². The Hall–Kier alpha value is 2.96. The molecule has 10 fully saturated rings. The molecule has 0 bridgehead atoms. The van der Waals surface area contributed by atoms with Gasteiger partial charge in [-0.15, -0.1) is 0 Å². The van der Waals surface area contributed by atoms with E-state index in [0.29, 0.717) is 0 Å². The first-order valence-corrected chi connectivity index (χ1v) is 41.9. The molecular formula is C99H206HfSiZr3.